The van der Waals surface area contributed by atoms with E-state index in [4.69, 9.17) is 0 Å². The largest absolute Gasteiger partial charge is 0.318 e. The molecule has 0 saturated heterocycles. The molecule has 0 bridgehead atoms. The zero-order chi connectivity index (χ0) is 14.0. The maximum absolute atomic E-state index is 13.5. The number of benzene rings is 2. The molecule has 0 N–H and O–H groups in total. The van der Waals surface area contributed by atoms with Crippen molar-refractivity contribution in [2.45, 2.75) is 23.6 Å². The average Bonchev–Trinajstić information content (AvgIpc) is 2.32. The molecule has 98 valence electrons. The van der Waals surface area contributed by atoms with E-state index in [0.717, 1.165) is 22.1 Å². The fourth-order valence-corrected chi connectivity index (χ4v) is 2.80. The molecule has 0 aromatic heterocycles. The molecule has 2 aromatic rings. The van der Waals surface area contributed by atoms with Gasteiger partial charge in [-0.25, -0.2) is 0 Å². The molecule has 2 aromatic carbocycles. The molecule has 0 aliphatic carbocycles. The molecule has 0 unspecified atom stereocenters. The van der Waals surface area contributed by atoms with Crippen LogP contribution in [0.5, 0.6) is 0 Å². The molecule has 0 radical (unpaired) electrons. The van der Waals surface area contributed by atoms with Crippen molar-refractivity contribution in [2.75, 3.05) is 0 Å². The lowest BCUT2D eigenvalue weighted by molar-refractivity contribution is -0.390. The van der Waals surface area contributed by atoms with Crippen LogP contribution in [0.15, 0.2) is 46.2 Å². The quantitative estimate of drug-likeness (QED) is 0.612. The Balaban J connectivity index is 2.44. The van der Waals surface area contributed by atoms with Crippen LogP contribution in [0, 0.1) is 29.8 Å². The van der Waals surface area contributed by atoms with Crippen molar-refractivity contribution in [3.8, 4) is 0 Å². The Hall–Kier alpha value is -1.88. The number of nitro groups is 1. The predicted octanol–water partition coefficient (Wildman–Crippen LogP) is 4.50. The van der Waals surface area contributed by atoms with E-state index in [1.54, 1.807) is 6.07 Å². The van der Waals surface area contributed by atoms with Crippen molar-refractivity contribution >= 4 is 17.4 Å². The summed E-state index contributed by atoms with van der Waals surface area (Å²) >= 11 is 1.21. The number of para-hydroxylation sites is 1. The van der Waals surface area contributed by atoms with Crippen molar-refractivity contribution in [1.29, 1.82) is 0 Å². The summed E-state index contributed by atoms with van der Waals surface area (Å²) < 4.78 is 13.5. The number of aryl methyl sites for hydroxylation is 2. The fraction of sp³-hybridized carbons (Fsp3) is 0.143. The number of halogens is 1. The maximum atomic E-state index is 13.5. The number of nitro benzene ring substituents is 1. The van der Waals surface area contributed by atoms with E-state index in [2.05, 4.69) is 0 Å². The van der Waals surface area contributed by atoms with Gasteiger partial charge in [0.25, 0.3) is 0 Å². The monoisotopic (exact) mass is 277 g/mol. The van der Waals surface area contributed by atoms with Crippen molar-refractivity contribution in [2.24, 2.45) is 0 Å². The molecule has 0 spiro atoms. The third-order valence-corrected chi connectivity index (χ3v) is 3.91. The van der Waals surface area contributed by atoms with Crippen LogP contribution in [0.4, 0.5) is 10.1 Å². The molecule has 5 heteroatoms. The summed E-state index contributed by atoms with van der Waals surface area (Å²) in [4.78, 5) is 11.4. The van der Waals surface area contributed by atoms with E-state index in [0.29, 0.717) is 4.90 Å². The van der Waals surface area contributed by atoms with Gasteiger partial charge in [-0.15, -0.1) is 0 Å². The van der Waals surface area contributed by atoms with Crippen LogP contribution in [0.1, 0.15) is 11.1 Å². The van der Waals surface area contributed by atoms with E-state index in [1.807, 2.05) is 32.0 Å². The molecule has 0 amide bonds. The SMILES string of the molecule is Cc1ccc(Sc2cccc(F)c2[N+](=O)[O-])c(C)c1. The molecular weight excluding hydrogens is 265 g/mol. The molecule has 19 heavy (non-hydrogen) atoms. The van der Waals surface area contributed by atoms with Gasteiger partial charge in [0, 0.05) is 4.90 Å². The lowest BCUT2D eigenvalue weighted by atomic mass is 10.2. The summed E-state index contributed by atoms with van der Waals surface area (Å²) in [6.07, 6.45) is 0. The molecular formula is C14H12FNO2S. The fourth-order valence-electron chi connectivity index (χ4n) is 1.79. The van der Waals surface area contributed by atoms with Gasteiger partial charge in [0.2, 0.25) is 5.82 Å². The van der Waals surface area contributed by atoms with E-state index >= 15 is 0 Å². The second-order valence-electron chi connectivity index (χ2n) is 4.21. The van der Waals surface area contributed by atoms with Gasteiger partial charge in [0.05, 0.1) is 9.82 Å². The van der Waals surface area contributed by atoms with Crippen molar-refractivity contribution in [3.63, 3.8) is 0 Å². The molecule has 3 nitrogen and oxygen atoms in total. The van der Waals surface area contributed by atoms with Gasteiger partial charge < -0.3 is 0 Å². The molecule has 0 aliphatic rings. The van der Waals surface area contributed by atoms with Crippen LogP contribution in [0.25, 0.3) is 0 Å². The van der Waals surface area contributed by atoms with Gasteiger partial charge in [0.15, 0.2) is 0 Å². The summed E-state index contributed by atoms with van der Waals surface area (Å²) in [5.41, 5.74) is 1.67. The van der Waals surface area contributed by atoms with Crippen LogP contribution in [-0.4, -0.2) is 4.92 Å². The average molecular weight is 277 g/mol. The number of rotatable bonds is 3. The Morgan fingerprint density at radius 2 is 1.89 bits per heavy atom. The third-order valence-electron chi connectivity index (χ3n) is 2.68. The topological polar surface area (TPSA) is 43.1 Å². The Morgan fingerprint density at radius 1 is 1.16 bits per heavy atom. The molecule has 0 fully saturated rings. The lowest BCUT2D eigenvalue weighted by Crippen LogP contribution is -1.95. The highest BCUT2D eigenvalue weighted by molar-refractivity contribution is 7.99. The van der Waals surface area contributed by atoms with Crippen molar-refractivity contribution in [3.05, 3.63) is 63.5 Å². The minimum absolute atomic E-state index is 0.317. The van der Waals surface area contributed by atoms with E-state index in [-0.39, 0.29) is 0 Å². The smallest absolute Gasteiger partial charge is 0.258 e. The standard InChI is InChI=1S/C14H12FNO2S/c1-9-6-7-12(10(2)8-9)19-13-5-3-4-11(15)14(13)16(17)18/h3-8H,1-2H3. The van der Waals surface area contributed by atoms with Gasteiger partial charge in [0.1, 0.15) is 0 Å². The molecule has 0 atom stereocenters. The van der Waals surface area contributed by atoms with Gasteiger partial charge in [-0.3, -0.25) is 10.1 Å². The second-order valence-corrected chi connectivity index (χ2v) is 5.30. The molecule has 0 saturated carbocycles. The first-order valence-corrected chi connectivity index (χ1v) is 6.48. The van der Waals surface area contributed by atoms with Crippen LogP contribution in [-0.2, 0) is 0 Å². The molecule has 0 heterocycles. The summed E-state index contributed by atoms with van der Waals surface area (Å²) in [5.74, 6) is -0.806. The summed E-state index contributed by atoms with van der Waals surface area (Å²) in [6.45, 7) is 3.91. The molecule has 2 rings (SSSR count). The number of hydrogen-bond donors (Lipinski definition) is 0. The summed E-state index contributed by atoms with van der Waals surface area (Å²) in [7, 11) is 0. The first kappa shape index (κ1) is 13.5. The Labute approximate surface area is 114 Å². The van der Waals surface area contributed by atoms with Gasteiger partial charge in [-0.2, -0.15) is 4.39 Å². The summed E-state index contributed by atoms with van der Waals surface area (Å²) in [6, 6.07) is 9.96. The van der Waals surface area contributed by atoms with Crippen LogP contribution in [0.2, 0.25) is 0 Å². The van der Waals surface area contributed by atoms with Crippen molar-refractivity contribution in [1.82, 2.24) is 0 Å². The minimum atomic E-state index is -0.806. The summed E-state index contributed by atoms with van der Waals surface area (Å²) in [5, 5.41) is 10.9. The van der Waals surface area contributed by atoms with Crippen LogP contribution < -0.4 is 0 Å². The predicted molar refractivity (Wildman–Crippen MR) is 73.1 cm³/mol. The first-order valence-electron chi connectivity index (χ1n) is 5.67. The zero-order valence-electron chi connectivity index (χ0n) is 10.5. The highest BCUT2D eigenvalue weighted by atomic mass is 32.2. The number of hydrogen-bond acceptors (Lipinski definition) is 3. The van der Waals surface area contributed by atoms with Crippen LogP contribution >= 0.6 is 11.8 Å². The lowest BCUT2D eigenvalue weighted by Gasteiger charge is -2.07. The Kier molecular flexibility index (Phi) is 3.85. The normalized spacial score (nSPS) is 10.5. The maximum Gasteiger partial charge on any atom is 0.318 e. The highest BCUT2D eigenvalue weighted by Gasteiger charge is 2.20. The molecule has 0 aliphatic heterocycles. The minimum Gasteiger partial charge on any atom is -0.258 e. The Morgan fingerprint density at radius 3 is 2.53 bits per heavy atom. The van der Waals surface area contributed by atoms with E-state index in [9.17, 15) is 14.5 Å². The van der Waals surface area contributed by atoms with E-state index < -0.39 is 16.4 Å². The van der Waals surface area contributed by atoms with Gasteiger partial charge >= 0.3 is 5.69 Å². The third kappa shape index (κ3) is 2.93. The highest BCUT2D eigenvalue weighted by Crippen LogP contribution is 2.37. The van der Waals surface area contributed by atoms with Crippen LogP contribution in [0.3, 0.4) is 0 Å². The van der Waals surface area contributed by atoms with E-state index in [1.165, 1.54) is 17.8 Å². The first-order chi connectivity index (χ1) is 8.99. The van der Waals surface area contributed by atoms with Gasteiger partial charge in [-0.05, 0) is 37.6 Å². The Bertz CT molecular complexity index is 643. The van der Waals surface area contributed by atoms with Gasteiger partial charge in [-0.1, -0.05) is 35.5 Å². The zero-order valence-corrected chi connectivity index (χ0v) is 11.3. The second kappa shape index (κ2) is 5.40. The number of nitrogens with zero attached hydrogens (tertiary/aromatic N) is 1. The van der Waals surface area contributed by atoms with Crippen molar-refractivity contribution < 1.29 is 9.31 Å².